The van der Waals surface area contributed by atoms with Gasteiger partial charge in [0.25, 0.3) is 5.91 Å². The van der Waals surface area contributed by atoms with Crippen LogP contribution >= 0.6 is 0 Å². The van der Waals surface area contributed by atoms with Crippen molar-refractivity contribution in [2.75, 3.05) is 13.1 Å². The first-order chi connectivity index (χ1) is 9.63. The maximum Gasteiger partial charge on any atom is 0.322 e. The smallest absolute Gasteiger partial charge is 0.322 e. The van der Waals surface area contributed by atoms with Crippen LogP contribution in [0.25, 0.3) is 0 Å². The van der Waals surface area contributed by atoms with Gasteiger partial charge in [0.2, 0.25) is 15.9 Å². The lowest BCUT2D eigenvalue weighted by atomic mass is 10.4. The van der Waals surface area contributed by atoms with Crippen LogP contribution in [0.1, 0.15) is 10.5 Å². The van der Waals surface area contributed by atoms with E-state index in [0.717, 1.165) is 12.3 Å². The second-order valence-corrected chi connectivity index (χ2v) is 5.80. The van der Waals surface area contributed by atoms with Gasteiger partial charge in [-0.3, -0.25) is 14.4 Å². The zero-order chi connectivity index (χ0) is 16.2. The van der Waals surface area contributed by atoms with Crippen molar-refractivity contribution in [3.63, 3.8) is 0 Å². The Bertz CT molecular complexity index is 678. The van der Waals surface area contributed by atoms with Crippen LogP contribution in [-0.4, -0.2) is 49.0 Å². The van der Waals surface area contributed by atoms with E-state index < -0.39 is 40.9 Å². The molecule has 0 saturated carbocycles. The van der Waals surface area contributed by atoms with E-state index in [4.69, 9.17) is 10.8 Å². The minimum Gasteiger partial charge on any atom is -0.480 e. The summed E-state index contributed by atoms with van der Waals surface area (Å²) in [6.45, 7) is -1.24. The third-order valence-corrected chi connectivity index (χ3v) is 3.77. The van der Waals surface area contributed by atoms with Crippen LogP contribution < -0.4 is 15.8 Å². The summed E-state index contributed by atoms with van der Waals surface area (Å²) in [6, 6.07) is 1.07. The number of aliphatic carboxylic acids is 1. The third-order valence-electron chi connectivity index (χ3n) is 2.40. The quantitative estimate of drug-likeness (QED) is 0.438. The van der Waals surface area contributed by atoms with Crippen molar-refractivity contribution in [3.05, 3.63) is 18.0 Å². The number of carbonyl (C=O) groups is 3. The number of aryl methyl sites for hydroxylation is 1. The zero-order valence-corrected chi connectivity index (χ0v) is 11.8. The first-order valence-corrected chi connectivity index (χ1v) is 7.06. The Labute approximate surface area is 120 Å². The fraction of sp³-hybridized carbons (Fsp3) is 0.300. The molecule has 0 fully saturated rings. The molecule has 1 rings (SSSR count). The maximum absolute atomic E-state index is 11.9. The van der Waals surface area contributed by atoms with Crippen molar-refractivity contribution < 1.29 is 27.9 Å². The highest BCUT2D eigenvalue weighted by Gasteiger charge is 2.20. The summed E-state index contributed by atoms with van der Waals surface area (Å²) < 4.78 is 27.0. The highest BCUT2D eigenvalue weighted by atomic mass is 32.2. The summed E-state index contributed by atoms with van der Waals surface area (Å²) in [5.74, 6) is -2.84. The number of hydrogen-bond acceptors (Lipinski definition) is 5. The van der Waals surface area contributed by atoms with Crippen LogP contribution in [0.15, 0.2) is 17.2 Å². The van der Waals surface area contributed by atoms with Crippen LogP contribution in [0.2, 0.25) is 0 Å². The Morgan fingerprint density at radius 3 is 2.43 bits per heavy atom. The molecule has 0 radical (unpaired) electrons. The number of nitrogens with one attached hydrogen (secondary N) is 2. The molecule has 0 spiro atoms. The lowest BCUT2D eigenvalue weighted by Gasteiger charge is -2.05. The van der Waals surface area contributed by atoms with E-state index >= 15 is 0 Å². The third kappa shape index (κ3) is 4.57. The van der Waals surface area contributed by atoms with Crippen LogP contribution in [0, 0.1) is 0 Å². The van der Waals surface area contributed by atoms with Gasteiger partial charge in [-0.05, 0) is 6.07 Å². The van der Waals surface area contributed by atoms with Gasteiger partial charge in [0.15, 0.2) is 0 Å². The van der Waals surface area contributed by atoms with Gasteiger partial charge in [-0.2, -0.15) is 0 Å². The summed E-state index contributed by atoms with van der Waals surface area (Å²) in [5, 5.41) is 10.4. The molecule has 0 saturated heterocycles. The monoisotopic (exact) mass is 318 g/mol. The molecular formula is C10H14N4O6S. The Hall–Kier alpha value is -2.40. The molecular weight excluding hydrogens is 304 g/mol. The molecule has 1 aromatic heterocycles. The minimum atomic E-state index is -4.02. The van der Waals surface area contributed by atoms with Crippen molar-refractivity contribution in [3.8, 4) is 0 Å². The van der Waals surface area contributed by atoms with Crippen LogP contribution in [0.4, 0.5) is 0 Å². The largest absolute Gasteiger partial charge is 0.480 e. The number of nitrogens with two attached hydrogens (primary N) is 1. The van der Waals surface area contributed by atoms with E-state index in [0.29, 0.717) is 0 Å². The first-order valence-electron chi connectivity index (χ1n) is 5.58. The molecule has 1 heterocycles. The predicted octanol–water partition coefficient (Wildman–Crippen LogP) is -2.40. The van der Waals surface area contributed by atoms with Gasteiger partial charge in [-0.25, -0.2) is 13.1 Å². The Balaban J connectivity index is 2.74. The van der Waals surface area contributed by atoms with Crippen molar-refractivity contribution in [2.24, 2.45) is 12.8 Å². The molecule has 0 aromatic carbocycles. The Kier molecular flexibility index (Phi) is 5.05. The normalized spacial score (nSPS) is 11.1. The molecule has 0 unspecified atom stereocenters. The van der Waals surface area contributed by atoms with E-state index in [1.165, 1.54) is 11.6 Å². The molecule has 11 heteroatoms. The summed E-state index contributed by atoms with van der Waals surface area (Å²) in [4.78, 5) is 32.3. The van der Waals surface area contributed by atoms with Crippen molar-refractivity contribution in [1.29, 1.82) is 0 Å². The first kappa shape index (κ1) is 16.7. The Morgan fingerprint density at radius 2 is 1.95 bits per heavy atom. The number of aromatic nitrogens is 1. The number of carboxylic acids is 1. The maximum atomic E-state index is 11.9. The van der Waals surface area contributed by atoms with E-state index in [9.17, 15) is 22.8 Å². The topological polar surface area (TPSA) is 161 Å². The second kappa shape index (κ2) is 6.37. The molecule has 1 aromatic rings. The highest BCUT2D eigenvalue weighted by molar-refractivity contribution is 7.89. The number of amides is 2. The van der Waals surface area contributed by atoms with Gasteiger partial charge >= 0.3 is 5.97 Å². The molecule has 5 N–H and O–H groups in total. The zero-order valence-electron chi connectivity index (χ0n) is 11.0. The molecule has 10 nitrogen and oxygen atoms in total. The van der Waals surface area contributed by atoms with E-state index in [2.05, 4.69) is 0 Å². The van der Waals surface area contributed by atoms with Crippen molar-refractivity contribution in [2.45, 2.75) is 4.90 Å². The number of primary amides is 1. The summed E-state index contributed by atoms with van der Waals surface area (Å²) in [7, 11) is -2.57. The van der Waals surface area contributed by atoms with Gasteiger partial charge in [0.1, 0.15) is 17.1 Å². The number of hydrogen-bond donors (Lipinski definition) is 4. The highest BCUT2D eigenvalue weighted by Crippen LogP contribution is 2.12. The van der Waals surface area contributed by atoms with Crippen molar-refractivity contribution >= 4 is 27.8 Å². The number of sulfonamides is 1. The van der Waals surface area contributed by atoms with Gasteiger partial charge in [-0.15, -0.1) is 0 Å². The van der Waals surface area contributed by atoms with Gasteiger partial charge in [0, 0.05) is 13.2 Å². The van der Waals surface area contributed by atoms with E-state index in [1.54, 1.807) is 0 Å². The number of carboxylic acid groups (broad SMARTS) is 1. The standard InChI is InChI=1S/C10H14N4O6S/c1-14-5-6(2-7(14)10(11)18)21(19,20)13-3-8(15)12-4-9(16)17/h2,5,13H,3-4H2,1H3,(H2,11,18)(H,12,15)(H,16,17). The Morgan fingerprint density at radius 1 is 1.33 bits per heavy atom. The molecule has 0 aliphatic rings. The van der Waals surface area contributed by atoms with Crippen LogP contribution in [-0.2, 0) is 26.7 Å². The van der Waals surface area contributed by atoms with Crippen LogP contribution in [0.5, 0.6) is 0 Å². The number of carbonyl (C=O) groups excluding carboxylic acids is 2. The molecule has 0 aliphatic carbocycles. The average Bonchev–Trinajstić information content (AvgIpc) is 2.77. The van der Waals surface area contributed by atoms with Crippen molar-refractivity contribution in [1.82, 2.24) is 14.6 Å². The van der Waals surface area contributed by atoms with E-state index in [1.807, 2.05) is 10.0 Å². The van der Waals surface area contributed by atoms with Crippen LogP contribution in [0.3, 0.4) is 0 Å². The molecule has 2 amide bonds. The molecule has 0 atom stereocenters. The van der Waals surface area contributed by atoms with E-state index in [-0.39, 0.29) is 10.6 Å². The average molecular weight is 318 g/mol. The number of rotatable bonds is 7. The minimum absolute atomic E-state index is 0.00861. The van der Waals surface area contributed by atoms with Gasteiger partial charge in [-0.1, -0.05) is 0 Å². The fourth-order valence-corrected chi connectivity index (χ4v) is 2.46. The molecule has 0 bridgehead atoms. The molecule has 0 aliphatic heterocycles. The molecule has 21 heavy (non-hydrogen) atoms. The SMILES string of the molecule is Cn1cc(S(=O)(=O)NCC(=O)NCC(=O)O)cc1C(N)=O. The second-order valence-electron chi connectivity index (χ2n) is 4.03. The van der Waals surface area contributed by atoms with Gasteiger partial charge < -0.3 is 20.7 Å². The predicted molar refractivity (Wildman–Crippen MR) is 69.8 cm³/mol. The fourth-order valence-electron chi connectivity index (χ4n) is 1.41. The lowest BCUT2D eigenvalue weighted by molar-refractivity contribution is -0.137. The number of nitrogens with zero attached hydrogens (tertiary/aromatic N) is 1. The van der Waals surface area contributed by atoms with Gasteiger partial charge in [0.05, 0.1) is 6.54 Å². The summed E-state index contributed by atoms with van der Waals surface area (Å²) in [5.41, 5.74) is 5.06. The summed E-state index contributed by atoms with van der Waals surface area (Å²) in [6.07, 6.45) is 1.16. The summed E-state index contributed by atoms with van der Waals surface area (Å²) >= 11 is 0. The molecule has 116 valence electrons. The lowest BCUT2D eigenvalue weighted by Crippen LogP contribution is -2.38.